The smallest absolute Gasteiger partial charge is 0.104 e. The van der Waals surface area contributed by atoms with Gasteiger partial charge in [-0.1, -0.05) is 31.9 Å². The second-order valence-corrected chi connectivity index (χ2v) is 4.11. The molecule has 1 nitrogen and oxygen atoms in total. The van der Waals surface area contributed by atoms with E-state index >= 15 is 0 Å². The summed E-state index contributed by atoms with van der Waals surface area (Å²) in [6.07, 6.45) is 7.96. The van der Waals surface area contributed by atoms with Crippen LogP contribution in [-0.4, -0.2) is 12.7 Å². The molecule has 0 aromatic carbocycles. The molecular weight excluding hydrogens is 165 g/mol. The van der Waals surface area contributed by atoms with Gasteiger partial charge in [-0.3, -0.25) is 0 Å². The number of halogens is 1. The van der Waals surface area contributed by atoms with Crippen LogP contribution in [0.4, 0.5) is 4.39 Å². The van der Waals surface area contributed by atoms with Crippen LogP contribution in [0.3, 0.4) is 0 Å². The molecule has 0 radical (unpaired) electrons. The van der Waals surface area contributed by atoms with E-state index in [-0.39, 0.29) is 5.41 Å². The fraction of sp³-hybridized carbons (Fsp3) is 0.818. The van der Waals surface area contributed by atoms with E-state index in [2.05, 4.69) is 13.0 Å². The van der Waals surface area contributed by atoms with Crippen LogP contribution in [0.15, 0.2) is 12.2 Å². The lowest BCUT2D eigenvalue weighted by atomic mass is 9.74. The minimum atomic E-state index is -0.676. The summed E-state index contributed by atoms with van der Waals surface area (Å²) in [6.45, 7) is 2.74. The normalized spacial score (nSPS) is 33.6. The summed E-state index contributed by atoms with van der Waals surface area (Å²) in [5.74, 6) is 0. The lowest BCUT2D eigenvalue weighted by Crippen LogP contribution is -2.33. The highest BCUT2D eigenvalue weighted by Gasteiger charge is 2.30. The highest BCUT2D eigenvalue weighted by atomic mass is 19.1. The van der Waals surface area contributed by atoms with Crippen LogP contribution < -0.4 is 5.73 Å². The summed E-state index contributed by atoms with van der Waals surface area (Å²) in [5.41, 5.74) is 5.69. The molecule has 0 fully saturated rings. The van der Waals surface area contributed by atoms with Gasteiger partial charge in [0.2, 0.25) is 0 Å². The van der Waals surface area contributed by atoms with E-state index < -0.39 is 6.17 Å². The summed E-state index contributed by atoms with van der Waals surface area (Å²) >= 11 is 0. The Bertz CT molecular complexity index is 179. The molecule has 0 saturated carbocycles. The minimum Gasteiger partial charge on any atom is -0.330 e. The van der Waals surface area contributed by atoms with Gasteiger partial charge in [-0.2, -0.15) is 0 Å². The fourth-order valence-corrected chi connectivity index (χ4v) is 2.03. The second kappa shape index (κ2) is 4.75. The van der Waals surface area contributed by atoms with Crippen LogP contribution in [0.5, 0.6) is 0 Å². The van der Waals surface area contributed by atoms with Gasteiger partial charge in [0.05, 0.1) is 0 Å². The van der Waals surface area contributed by atoms with E-state index in [1.54, 1.807) is 0 Å². The lowest BCUT2D eigenvalue weighted by Gasteiger charge is -2.33. The average molecular weight is 185 g/mol. The van der Waals surface area contributed by atoms with E-state index in [4.69, 9.17) is 5.73 Å². The van der Waals surface area contributed by atoms with Gasteiger partial charge in [0.15, 0.2) is 0 Å². The van der Waals surface area contributed by atoms with Gasteiger partial charge in [-0.15, -0.1) is 0 Å². The molecule has 76 valence electrons. The van der Waals surface area contributed by atoms with Crippen molar-refractivity contribution in [3.05, 3.63) is 12.2 Å². The van der Waals surface area contributed by atoms with Gasteiger partial charge in [-0.05, 0) is 19.3 Å². The van der Waals surface area contributed by atoms with Crippen LogP contribution in [0, 0.1) is 5.41 Å². The maximum absolute atomic E-state index is 13.2. The number of hydrogen-bond acceptors (Lipinski definition) is 1. The van der Waals surface area contributed by atoms with E-state index in [0.29, 0.717) is 19.4 Å². The molecule has 2 heteroatoms. The van der Waals surface area contributed by atoms with Crippen LogP contribution in [-0.2, 0) is 0 Å². The predicted molar refractivity (Wildman–Crippen MR) is 54.3 cm³/mol. The zero-order chi connectivity index (χ0) is 9.73. The van der Waals surface area contributed by atoms with Crippen molar-refractivity contribution in [2.75, 3.05) is 6.54 Å². The minimum absolute atomic E-state index is 0.0341. The Morgan fingerprint density at radius 3 is 2.92 bits per heavy atom. The quantitative estimate of drug-likeness (QED) is 0.670. The first-order chi connectivity index (χ1) is 6.22. The van der Waals surface area contributed by atoms with Gasteiger partial charge in [-0.25, -0.2) is 4.39 Å². The number of allylic oxidation sites excluding steroid dienone is 1. The van der Waals surface area contributed by atoms with Crippen molar-refractivity contribution >= 4 is 0 Å². The van der Waals surface area contributed by atoms with Gasteiger partial charge in [0, 0.05) is 12.0 Å². The van der Waals surface area contributed by atoms with Crippen LogP contribution in [0.1, 0.15) is 39.0 Å². The van der Waals surface area contributed by atoms with Gasteiger partial charge >= 0.3 is 0 Å². The standard InChI is InChI=1S/C11H20FN/c1-2-3-6-11(9-13)7-4-5-10(12)8-11/h4,7,10H,2-3,5-6,8-9,13H2,1H3/t10-,11-/m0/s1. The van der Waals surface area contributed by atoms with E-state index in [1.165, 1.54) is 0 Å². The Kier molecular flexibility index (Phi) is 3.91. The monoisotopic (exact) mass is 185 g/mol. The Hall–Kier alpha value is -0.370. The molecule has 13 heavy (non-hydrogen) atoms. The number of alkyl halides is 1. The average Bonchev–Trinajstić information content (AvgIpc) is 2.15. The highest BCUT2D eigenvalue weighted by molar-refractivity contribution is 5.06. The highest BCUT2D eigenvalue weighted by Crippen LogP contribution is 2.36. The van der Waals surface area contributed by atoms with Gasteiger partial charge < -0.3 is 5.73 Å². The topological polar surface area (TPSA) is 26.0 Å². The zero-order valence-corrected chi connectivity index (χ0v) is 8.43. The van der Waals surface area contributed by atoms with Crippen molar-refractivity contribution in [2.45, 2.75) is 45.2 Å². The largest absolute Gasteiger partial charge is 0.330 e. The second-order valence-electron chi connectivity index (χ2n) is 4.11. The maximum atomic E-state index is 13.2. The first-order valence-electron chi connectivity index (χ1n) is 5.24. The van der Waals surface area contributed by atoms with Crippen molar-refractivity contribution in [1.82, 2.24) is 0 Å². The van der Waals surface area contributed by atoms with E-state index in [1.807, 2.05) is 6.08 Å². The maximum Gasteiger partial charge on any atom is 0.104 e. The molecule has 2 N–H and O–H groups in total. The van der Waals surface area contributed by atoms with Crippen molar-refractivity contribution < 1.29 is 4.39 Å². The third kappa shape index (κ3) is 2.80. The van der Waals surface area contributed by atoms with Crippen molar-refractivity contribution in [3.8, 4) is 0 Å². The Balaban J connectivity index is 2.57. The zero-order valence-electron chi connectivity index (χ0n) is 8.43. The summed E-state index contributed by atoms with van der Waals surface area (Å²) in [5, 5.41) is 0. The molecule has 0 saturated heterocycles. The van der Waals surface area contributed by atoms with E-state index in [9.17, 15) is 4.39 Å². The lowest BCUT2D eigenvalue weighted by molar-refractivity contribution is 0.196. The Labute approximate surface area is 80.2 Å². The third-order valence-corrected chi connectivity index (χ3v) is 2.93. The number of unbranched alkanes of at least 4 members (excludes halogenated alkanes) is 1. The van der Waals surface area contributed by atoms with Crippen molar-refractivity contribution in [1.29, 1.82) is 0 Å². The molecule has 0 aliphatic heterocycles. The van der Waals surface area contributed by atoms with Crippen LogP contribution in [0.25, 0.3) is 0 Å². The SMILES string of the molecule is CCCC[C@]1(CN)C=CC[C@H](F)C1. The molecule has 2 atom stereocenters. The molecule has 0 unspecified atom stereocenters. The summed E-state index contributed by atoms with van der Waals surface area (Å²) in [4.78, 5) is 0. The van der Waals surface area contributed by atoms with Crippen molar-refractivity contribution in [3.63, 3.8) is 0 Å². The summed E-state index contributed by atoms with van der Waals surface area (Å²) < 4.78 is 13.2. The van der Waals surface area contributed by atoms with Crippen LogP contribution >= 0.6 is 0 Å². The number of hydrogen-bond donors (Lipinski definition) is 1. The molecule has 0 heterocycles. The molecule has 1 aliphatic rings. The molecular formula is C11H20FN. The Morgan fingerprint density at radius 1 is 1.62 bits per heavy atom. The molecule has 0 aromatic rings. The molecule has 0 aromatic heterocycles. The predicted octanol–water partition coefficient (Wildman–Crippen LogP) is 2.81. The van der Waals surface area contributed by atoms with E-state index in [0.717, 1.165) is 19.3 Å². The molecule has 0 bridgehead atoms. The molecule has 0 spiro atoms. The fourth-order valence-electron chi connectivity index (χ4n) is 2.03. The summed E-state index contributed by atoms with van der Waals surface area (Å²) in [6, 6.07) is 0. The van der Waals surface area contributed by atoms with Gasteiger partial charge in [0.25, 0.3) is 0 Å². The molecule has 0 amide bonds. The molecule has 1 aliphatic carbocycles. The van der Waals surface area contributed by atoms with Crippen molar-refractivity contribution in [2.24, 2.45) is 11.1 Å². The third-order valence-electron chi connectivity index (χ3n) is 2.93. The number of nitrogens with two attached hydrogens (primary N) is 1. The van der Waals surface area contributed by atoms with Crippen LogP contribution in [0.2, 0.25) is 0 Å². The Morgan fingerprint density at radius 2 is 2.38 bits per heavy atom. The molecule has 1 rings (SSSR count). The van der Waals surface area contributed by atoms with Gasteiger partial charge in [0.1, 0.15) is 6.17 Å². The first-order valence-corrected chi connectivity index (χ1v) is 5.24. The first kappa shape index (κ1) is 10.7. The number of rotatable bonds is 4. The summed E-state index contributed by atoms with van der Waals surface area (Å²) in [7, 11) is 0.